The number of carbonyl (C=O) groups is 3. The van der Waals surface area contributed by atoms with E-state index in [1.807, 2.05) is 32.9 Å². The van der Waals surface area contributed by atoms with Crippen LogP contribution in [0.1, 0.15) is 29.5 Å². The van der Waals surface area contributed by atoms with Gasteiger partial charge in [0.1, 0.15) is 0 Å². The maximum Gasteiger partial charge on any atom is 0.243 e. The van der Waals surface area contributed by atoms with Gasteiger partial charge in [-0.2, -0.15) is 0 Å². The molecule has 0 spiro atoms. The summed E-state index contributed by atoms with van der Waals surface area (Å²) < 4.78 is 5.19. The number of hydrogen-bond donors (Lipinski definition) is 2. The maximum absolute atomic E-state index is 12.1. The van der Waals surface area contributed by atoms with E-state index in [-0.39, 0.29) is 37.1 Å². The van der Waals surface area contributed by atoms with E-state index in [0.717, 1.165) is 22.4 Å². The number of benzene rings is 1. The Bertz CT molecular complexity index is 658. The number of hydrogen-bond acceptors (Lipinski definition) is 4. The molecule has 0 aromatic heterocycles. The average molecular weight is 361 g/mol. The number of rotatable bonds is 6. The number of nitrogens with zero attached hydrogens (tertiary/aromatic N) is 1. The summed E-state index contributed by atoms with van der Waals surface area (Å²) in [4.78, 5) is 37.7. The van der Waals surface area contributed by atoms with Crippen LogP contribution in [0.5, 0.6) is 0 Å². The molecule has 0 saturated carbocycles. The zero-order valence-corrected chi connectivity index (χ0v) is 15.7. The Morgan fingerprint density at radius 1 is 1.00 bits per heavy atom. The Labute approximate surface area is 154 Å². The molecule has 0 aliphatic carbocycles. The van der Waals surface area contributed by atoms with Crippen LogP contribution in [-0.2, 0) is 19.1 Å². The summed E-state index contributed by atoms with van der Waals surface area (Å²) in [7, 11) is 0. The zero-order valence-electron chi connectivity index (χ0n) is 15.7. The highest BCUT2D eigenvalue weighted by Crippen LogP contribution is 2.21. The molecule has 0 bridgehead atoms. The molecular weight excluding hydrogens is 334 g/mol. The average Bonchev–Trinajstić information content (AvgIpc) is 2.61. The summed E-state index contributed by atoms with van der Waals surface area (Å²) in [5, 5.41) is 5.40. The highest BCUT2D eigenvalue weighted by molar-refractivity contribution is 5.96. The van der Waals surface area contributed by atoms with E-state index in [1.165, 1.54) is 0 Å². The van der Waals surface area contributed by atoms with Gasteiger partial charge in [-0.25, -0.2) is 0 Å². The van der Waals surface area contributed by atoms with E-state index in [0.29, 0.717) is 26.3 Å². The van der Waals surface area contributed by atoms with Crippen molar-refractivity contribution in [2.45, 2.75) is 33.6 Å². The van der Waals surface area contributed by atoms with Gasteiger partial charge in [-0.15, -0.1) is 0 Å². The highest BCUT2D eigenvalue weighted by Gasteiger charge is 2.18. The van der Waals surface area contributed by atoms with Gasteiger partial charge in [0.05, 0.1) is 19.8 Å². The minimum atomic E-state index is -0.306. The van der Waals surface area contributed by atoms with Crippen LogP contribution in [0.4, 0.5) is 5.69 Å². The van der Waals surface area contributed by atoms with Crippen molar-refractivity contribution < 1.29 is 19.1 Å². The summed E-state index contributed by atoms with van der Waals surface area (Å²) in [6.07, 6.45) is 0.218. The van der Waals surface area contributed by atoms with Crippen LogP contribution < -0.4 is 10.6 Å². The van der Waals surface area contributed by atoms with Crippen molar-refractivity contribution in [1.29, 1.82) is 0 Å². The molecule has 2 rings (SSSR count). The van der Waals surface area contributed by atoms with Crippen molar-refractivity contribution in [3.8, 4) is 0 Å². The minimum Gasteiger partial charge on any atom is -0.378 e. The Balaban J connectivity index is 1.73. The number of anilines is 1. The molecule has 1 heterocycles. The summed E-state index contributed by atoms with van der Waals surface area (Å²) in [6, 6.07) is 4.00. The van der Waals surface area contributed by atoms with E-state index in [9.17, 15) is 14.4 Å². The lowest BCUT2D eigenvalue weighted by molar-refractivity contribution is -0.137. The first-order valence-electron chi connectivity index (χ1n) is 8.86. The van der Waals surface area contributed by atoms with Gasteiger partial charge in [-0.1, -0.05) is 17.7 Å². The number of aryl methyl sites for hydroxylation is 3. The van der Waals surface area contributed by atoms with Crippen molar-refractivity contribution in [2.24, 2.45) is 0 Å². The lowest BCUT2D eigenvalue weighted by Gasteiger charge is -2.26. The van der Waals surface area contributed by atoms with Gasteiger partial charge in [-0.3, -0.25) is 14.4 Å². The molecule has 0 atom stereocenters. The molecular formula is C19H27N3O4. The molecule has 142 valence electrons. The van der Waals surface area contributed by atoms with Crippen molar-refractivity contribution in [3.05, 3.63) is 28.8 Å². The topological polar surface area (TPSA) is 87.7 Å². The fourth-order valence-corrected chi connectivity index (χ4v) is 3.02. The second-order valence-electron chi connectivity index (χ2n) is 6.59. The Hall–Kier alpha value is -2.41. The number of carbonyl (C=O) groups excluding carboxylic acids is 3. The Morgan fingerprint density at radius 3 is 2.23 bits per heavy atom. The largest absolute Gasteiger partial charge is 0.378 e. The van der Waals surface area contributed by atoms with Gasteiger partial charge in [0, 0.05) is 31.6 Å². The van der Waals surface area contributed by atoms with Crippen molar-refractivity contribution in [1.82, 2.24) is 10.2 Å². The quantitative estimate of drug-likeness (QED) is 0.800. The fraction of sp³-hybridized carbons (Fsp3) is 0.526. The molecule has 1 aliphatic rings. The van der Waals surface area contributed by atoms with Crippen LogP contribution in [0.2, 0.25) is 0 Å². The van der Waals surface area contributed by atoms with Gasteiger partial charge in [0.25, 0.3) is 0 Å². The third-order valence-corrected chi connectivity index (χ3v) is 4.32. The first-order chi connectivity index (χ1) is 12.4. The van der Waals surface area contributed by atoms with Gasteiger partial charge in [0.2, 0.25) is 17.7 Å². The van der Waals surface area contributed by atoms with Gasteiger partial charge < -0.3 is 20.3 Å². The number of nitrogens with one attached hydrogen (secondary N) is 2. The monoisotopic (exact) mass is 361 g/mol. The van der Waals surface area contributed by atoms with Gasteiger partial charge in [0.15, 0.2) is 0 Å². The lowest BCUT2D eigenvalue weighted by Crippen LogP contribution is -2.41. The van der Waals surface area contributed by atoms with E-state index < -0.39 is 0 Å². The normalized spacial score (nSPS) is 14.0. The predicted molar refractivity (Wildman–Crippen MR) is 98.9 cm³/mol. The highest BCUT2D eigenvalue weighted by atomic mass is 16.5. The molecule has 26 heavy (non-hydrogen) atoms. The van der Waals surface area contributed by atoms with Crippen LogP contribution in [0.25, 0.3) is 0 Å². The second-order valence-corrected chi connectivity index (χ2v) is 6.59. The predicted octanol–water partition coefficient (Wildman–Crippen LogP) is 1.31. The molecule has 7 nitrogen and oxygen atoms in total. The Kier molecular flexibility index (Phi) is 7.15. The molecule has 1 fully saturated rings. The van der Waals surface area contributed by atoms with Crippen LogP contribution in [0.3, 0.4) is 0 Å². The molecule has 2 N–H and O–H groups in total. The standard InChI is InChI=1S/C19H27N3O4/c1-13-10-14(2)19(15(3)11-13)21-17(24)12-20-16(23)4-5-18(25)22-6-8-26-9-7-22/h10-11H,4-9,12H2,1-3H3,(H,20,23)(H,21,24). The van der Waals surface area contributed by atoms with Crippen molar-refractivity contribution in [2.75, 3.05) is 38.2 Å². The maximum atomic E-state index is 12.1. The number of ether oxygens (including phenoxy) is 1. The van der Waals surface area contributed by atoms with Crippen LogP contribution >= 0.6 is 0 Å². The molecule has 1 aromatic carbocycles. The second kappa shape index (κ2) is 9.33. The van der Waals surface area contributed by atoms with Crippen molar-refractivity contribution >= 4 is 23.4 Å². The van der Waals surface area contributed by atoms with Crippen LogP contribution in [0, 0.1) is 20.8 Å². The molecule has 0 radical (unpaired) electrons. The molecule has 0 unspecified atom stereocenters. The first-order valence-corrected chi connectivity index (χ1v) is 8.86. The van der Waals surface area contributed by atoms with Gasteiger partial charge in [-0.05, 0) is 31.9 Å². The summed E-state index contributed by atoms with van der Waals surface area (Å²) in [6.45, 7) is 7.97. The van der Waals surface area contributed by atoms with Gasteiger partial charge >= 0.3 is 0 Å². The molecule has 7 heteroatoms. The molecule has 1 saturated heterocycles. The van der Waals surface area contributed by atoms with E-state index in [1.54, 1.807) is 4.90 Å². The minimum absolute atomic E-state index is 0.0567. The SMILES string of the molecule is Cc1cc(C)c(NC(=O)CNC(=O)CCC(=O)N2CCOCC2)c(C)c1. The first kappa shape index (κ1) is 19.9. The molecule has 3 amide bonds. The van der Waals surface area contributed by atoms with Crippen molar-refractivity contribution in [3.63, 3.8) is 0 Å². The van der Waals surface area contributed by atoms with E-state index in [2.05, 4.69) is 10.6 Å². The smallest absolute Gasteiger partial charge is 0.243 e. The summed E-state index contributed by atoms with van der Waals surface area (Å²) >= 11 is 0. The third-order valence-electron chi connectivity index (χ3n) is 4.32. The van der Waals surface area contributed by atoms with E-state index in [4.69, 9.17) is 4.74 Å². The van der Waals surface area contributed by atoms with E-state index >= 15 is 0 Å². The third kappa shape index (κ3) is 5.84. The Morgan fingerprint density at radius 2 is 1.62 bits per heavy atom. The lowest BCUT2D eigenvalue weighted by atomic mass is 10.1. The molecule has 1 aliphatic heterocycles. The molecule has 1 aromatic rings. The summed E-state index contributed by atoms with van der Waals surface area (Å²) in [5.74, 6) is -0.647. The van der Waals surface area contributed by atoms with Crippen LogP contribution in [0.15, 0.2) is 12.1 Å². The number of morpholine rings is 1. The fourth-order valence-electron chi connectivity index (χ4n) is 3.02. The zero-order chi connectivity index (χ0) is 19.1. The summed E-state index contributed by atoms with van der Waals surface area (Å²) in [5.41, 5.74) is 3.88. The van der Waals surface area contributed by atoms with Crippen LogP contribution in [-0.4, -0.2) is 55.5 Å². The number of amides is 3.